The number of aromatic hydroxyl groups is 1. The standard InChI is InChI=1S/C26H28N2O6/c1-16-4-7-20-18(14-16)24(30)22-23(17-5-6-19(29)21(15-17)32-2)28(26(31)25(22)34-20)9-3-8-27-10-12-33-13-11-27/h4-7,14-15,23,29H,3,8-13H2,1-2H3/t23-/m0/s1. The third-order valence-electron chi connectivity index (χ3n) is 6.62. The zero-order chi connectivity index (χ0) is 23.8. The molecule has 0 radical (unpaired) electrons. The number of rotatable bonds is 6. The van der Waals surface area contributed by atoms with Crippen LogP contribution in [0.5, 0.6) is 11.5 Å². The van der Waals surface area contributed by atoms with Gasteiger partial charge in [-0.2, -0.15) is 0 Å². The molecule has 0 spiro atoms. The first-order chi connectivity index (χ1) is 16.5. The molecule has 1 saturated heterocycles. The number of fused-ring (bicyclic) bond motifs is 2. The van der Waals surface area contributed by atoms with Gasteiger partial charge in [-0.3, -0.25) is 14.5 Å². The van der Waals surface area contributed by atoms with Crippen molar-refractivity contribution in [3.05, 3.63) is 69.1 Å². The monoisotopic (exact) mass is 464 g/mol. The first-order valence-corrected chi connectivity index (χ1v) is 11.5. The maximum absolute atomic E-state index is 13.6. The van der Waals surface area contributed by atoms with Gasteiger partial charge < -0.3 is 23.9 Å². The summed E-state index contributed by atoms with van der Waals surface area (Å²) in [6.45, 7) is 6.39. The lowest BCUT2D eigenvalue weighted by Gasteiger charge is -2.29. The highest BCUT2D eigenvalue weighted by atomic mass is 16.5. The van der Waals surface area contributed by atoms with E-state index in [0.717, 1.165) is 31.6 Å². The second kappa shape index (κ2) is 9.12. The Hall–Kier alpha value is -3.36. The number of benzene rings is 2. The summed E-state index contributed by atoms with van der Waals surface area (Å²) in [6, 6.07) is 9.69. The molecule has 3 heterocycles. The maximum atomic E-state index is 13.6. The van der Waals surface area contributed by atoms with E-state index in [1.165, 1.54) is 13.2 Å². The Bertz CT molecular complexity index is 1290. The molecule has 8 heteroatoms. The highest BCUT2D eigenvalue weighted by Gasteiger charge is 2.42. The Morgan fingerprint density at radius 3 is 2.65 bits per heavy atom. The minimum atomic E-state index is -0.622. The SMILES string of the molecule is COc1cc([C@H]2c3c(oc4ccc(C)cc4c3=O)C(=O)N2CCCN2CCOCC2)ccc1O. The first-order valence-electron chi connectivity index (χ1n) is 11.5. The molecule has 2 aromatic carbocycles. The number of nitrogens with zero attached hydrogens (tertiary/aromatic N) is 2. The van der Waals surface area contributed by atoms with E-state index in [0.29, 0.717) is 41.9 Å². The van der Waals surface area contributed by atoms with Crippen LogP contribution < -0.4 is 10.2 Å². The average Bonchev–Trinajstić information content (AvgIpc) is 3.12. The van der Waals surface area contributed by atoms with Crippen LogP contribution in [0.4, 0.5) is 0 Å². The van der Waals surface area contributed by atoms with Crippen molar-refractivity contribution >= 4 is 16.9 Å². The molecule has 34 heavy (non-hydrogen) atoms. The van der Waals surface area contributed by atoms with Gasteiger partial charge in [0.15, 0.2) is 16.9 Å². The number of carbonyl (C=O) groups excluding carboxylic acids is 1. The van der Waals surface area contributed by atoms with Gasteiger partial charge in [0.2, 0.25) is 5.76 Å². The third kappa shape index (κ3) is 3.93. The summed E-state index contributed by atoms with van der Waals surface area (Å²) in [7, 11) is 1.47. The van der Waals surface area contributed by atoms with Crippen LogP contribution in [0, 0.1) is 6.92 Å². The fourth-order valence-corrected chi connectivity index (χ4v) is 4.87. The molecule has 0 unspecified atom stereocenters. The summed E-state index contributed by atoms with van der Waals surface area (Å²) < 4.78 is 16.7. The van der Waals surface area contributed by atoms with Gasteiger partial charge in [-0.25, -0.2) is 0 Å². The van der Waals surface area contributed by atoms with Crippen LogP contribution in [0.15, 0.2) is 45.6 Å². The maximum Gasteiger partial charge on any atom is 0.290 e. The van der Waals surface area contributed by atoms with Crippen molar-refractivity contribution in [2.45, 2.75) is 19.4 Å². The predicted molar refractivity (Wildman–Crippen MR) is 127 cm³/mol. The van der Waals surface area contributed by atoms with Gasteiger partial charge in [0.05, 0.1) is 37.3 Å². The Labute approximate surface area is 197 Å². The summed E-state index contributed by atoms with van der Waals surface area (Å²) in [5.41, 5.74) is 2.16. The number of morpholine rings is 1. The number of amides is 1. The third-order valence-corrected chi connectivity index (χ3v) is 6.62. The smallest absolute Gasteiger partial charge is 0.290 e. The van der Waals surface area contributed by atoms with Crippen LogP contribution in [0.1, 0.15) is 39.7 Å². The van der Waals surface area contributed by atoms with E-state index in [4.69, 9.17) is 13.9 Å². The molecule has 1 aromatic heterocycles. The molecule has 1 fully saturated rings. The number of aryl methyl sites for hydroxylation is 1. The van der Waals surface area contributed by atoms with Gasteiger partial charge in [-0.05, 0) is 43.2 Å². The molecule has 2 aliphatic rings. The van der Waals surface area contributed by atoms with Gasteiger partial charge in [0.25, 0.3) is 5.91 Å². The molecular weight excluding hydrogens is 436 g/mol. The second-order valence-electron chi connectivity index (χ2n) is 8.81. The minimum Gasteiger partial charge on any atom is -0.504 e. The Morgan fingerprint density at radius 2 is 1.88 bits per heavy atom. The van der Waals surface area contributed by atoms with Crippen LogP contribution in [-0.2, 0) is 4.74 Å². The van der Waals surface area contributed by atoms with E-state index in [2.05, 4.69) is 4.90 Å². The van der Waals surface area contributed by atoms with Gasteiger partial charge in [0.1, 0.15) is 5.58 Å². The molecule has 2 aliphatic heterocycles. The highest BCUT2D eigenvalue weighted by Crippen LogP contribution is 2.40. The number of phenols is 1. The summed E-state index contributed by atoms with van der Waals surface area (Å²) in [6.07, 6.45) is 0.748. The molecule has 0 aliphatic carbocycles. The zero-order valence-corrected chi connectivity index (χ0v) is 19.4. The normalized spacial score (nSPS) is 18.5. The van der Waals surface area contributed by atoms with E-state index in [1.807, 2.05) is 13.0 Å². The predicted octanol–water partition coefficient (Wildman–Crippen LogP) is 3.08. The summed E-state index contributed by atoms with van der Waals surface area (Å²) in [4.78, 5) is 31.2. The summed E-state index contributed by atoms with van der Waals surface area (Å²) >= 11 is 0. The minimum absolute atomic E-state index is 0.00386. The van der Waals surface area contributed by atoms with E-state index >= 15 is 0 Å². The van der Waals surface area contributed by atoms with E-state index in [1.54, 1.807) is 29.2 Å². The molecule has 1 amide bonds. The second-order valence-corrected chi connectivity index (χ2v) is 8.81. The summed E-state index contributed by atoms with van der Waals surface area (Å²) in [5, 5.41) is 10.6. The van der Waals surface area contributed by atoms with Crippen molar-refractivity contribution in [2.75, 3.05) is 46.5 Å². The Morgan fingerprint density at radius 1 is 1.09 bits per heavy atom. The number of carbonyl (C=O) groups is 1. The van der Waals surface area contributed by atoms with Crippen LogP contribution in [0.25, 0.3) is 11.0 Å². The topological polar surface area (TPSA) is 92.5 Å². The number of phenolic OH excluding ortho intramolecular Hbond substituents is 1. The molecule has 5 rings (SSSR count). The van der Waals surface area contributed by atoms with Crippen molar-refractivity contribution in [1.29, 1.82) is 0 Å². The van der Waals surface area contributed by atoms with Crippen LogP contribution >= 0.6 is 0 Å². The molecule has 1 atom stereocenters. The largest absolute Gasteiger partial charge is 0.504 e. The van der Waals surface area contributed by atoms with Gasteiger partial charge in [-0.1, -0.05) is 17.7 Å². The lowest BCUT2D eigenvalue weighted by Crippen LogP contribution is -2.38. The number of ether oxygens (including phenoxy) is 2. The molecular formula is C26H28N2O6. The van der Waals surface area contributed by atoms with Crippen molar-refractivity contribution < 1.29 is 23.8 Å². The number of hydrogen-bond acceptors (Lipinski definition) is 7. The van der Waals surface area contributed by atoms with Gasteiger partial charge in [-0.15, -0.1) is 0 Å². The van der Waals surface area contributed by atoms with E-state index < -0.39 is 6.04 Å². The molecule has 3 aromatic rings. The fraction of sp³-hybridized carbons (Fsp3) is 0.385. The molecule has 8 nitrogen and oxygen atoms in total. The lowest BCUT2D eigenvalue weighted by molar-refractivity contribution is 0.0353. The van der Waals surface area contributed by atoms with E-state index in [9.17, 15) is 14.7 Å². The highest BCUT2D eigenvalue weighted by molar-refractivity contribution is 5.99. The molecule has 1 N–H and O–H groups in total. The zero-order valence-electron chi connectivity index (χ0n) is 19.4. The Kier molecular flexibility index (Phi) is 6.02. The number of methoxy groups -OCH3 is 1. The summed E-state index contributed by atoms with van der Waals surface area (Å²) in [5.74, 6) is 0.0712. The Balaban J connectivity index is 1.56. The van der Waals surface area contributed by atoms with Crippen molar-refractivity contribution in [3.63, 3.8) is 0 Å². The van der Waals surface area contributed by atoms with Crippen molar-refractivity contribution in [1.82, 2.24) is 9.80 Å². The number of hydrogen-bond donors (Lipinski definition) is 1. The van der Waals surface area contributed by atoms with E-state index in [-0.39, 0.29) is 28.6 Å². The molecule has 0 saturated carbocycles. The fourth-order valence-electron chi connectivity index (χ4n) is 4.87. The first kappa shape index (κ1) is 22.4. The molecule has 178 valence electrons. The van der Waals surface area contributed by atoms with Gasteiger partial charge >= 0.3 is 0 Å². The van der Waals surface area contributed by atoms with Crippen molar-refractivity contribution in [2.24, 2.45) is 0 Å². The average molecular weight is 465 g/mol. The quantitative estimate of drug-likeness (QED) is 0.599. The van der Waals surface area contributed by atoms with Crippen molar-refractivity contribution in [3.8, 4) is 11.5 Å². The van der Waals surface area contributed by atoms with Crippen LogP contribution in [-0.4, -0.2) is 67.3 Å². The lowest BCUT2D eigenvalue weighted by atomic mass is 9.97. The molecule has 0 bridgehead atoms. The van der Waals surface area contributed by atoms with Gasteiger partial charge in [0, 0.05) is 26.2 Å². The van der Waals surface area contributed by atoms with Crippen LogP contribution in [0.3, 0.4) is 0 Å². The van der Waals surface area contributed by atoms with Crippen LogP contribution in [0.2, 0.25) is 0 Å².